The van der Waals surface area contributed by atoms with E-state index >= 15 is 0 Å². The van der Waals surface area contributed by atoms with E-state index < -0.39 is 6.04 Å². The second kappa shape index (κ2) is 6.91. The normalized spacial score (nSPS) is 20.0. The lowest BCUT2D eigenvalue weighted by Crippen LogP contribution is -2.41. The summed E-state index contributed by atoms with van der Waals surface area (Å²) in [5, 5.41) is 3.22. The Balaban J connectivity index is 2.10. The predicted octanol–water partition coefficient (Wildman–Crippen LogP) is 2.97. The van der Waals surface area contributed by atoms with E-state index in [4.69, 9.17) is 9.47 Å². The molecule has 2 atom stereocenters. The van der Waals surface area contributed by atoms with E-state index in [9.17, 15) is 4.79 Å². The van der Waals surface area contributed by atoms with Gasteiger partial charge < -0.3 is 14.8 Å². The molecule has 2 rings (SSSR count). The van der Waals surface area contributed by atoms with E-state index in [0.717, 1.165) is 23.0 Å². The van der Waals surface area contributed by atoms with Gasteiger partial charge in [-0.1, -0.05) is 22.0 Å². The number of anilines is 1. The minimum absolute atomic E-state index is 0.113. The van der Waals surface area contributed by atoms with E-state index in [-0.39, 0.29) is 12.1 Å². The molecule has 4 nitrogen and oxygen atoms in total. The molecule has 1 N–H and O–H groups in total. The van der Waals surface area contributed by atoms with E-state index in [1.807, 2.05) is 31.2 Å². The van der Waals surface area contributed by atoms with Crippen molar-refractivity contribution in [2.24, 2.45) is 0 Å². The lowest BCUT2D eigenvalue weighted by molar-refractivity contribution is -0.146. The molecule has 0 bridgehead atoms. The van der Waals surface area contributed by atoms with Crippen LogP contribution in [0, 0.1) is 0 Å². The van der Waals surface area contributed by atoms with Crippen molar-refractivity contribution in [3.05, 3.63) is 28.7 Å². The van der Waals surface area contributed by atoms with Crippen LogP contribution in [-0.4, -0.2) is 31.3 Å². The third-order valence-electron chi connectivity index (χ3n) is 3.02. The van der Waals surface area contributed by atoms with Crippen LogP contribution in [0.15, 0.2) is 28.7 Å². The molecule has 0 spiro atoms. The Morgan fingerprint density at radius 3 is 3.11 bits per heavy atom. The number of rotatable bonds is 5. The molecule has 0 aromatic heterocycles. The zero-order valence-electron chi connectivity index (χ0n) is 10.9. The quantitative estimate of drug-likeness (QED) is 0.844. The Hall–Kier alpha value is -1.07. The van der Waals surface area contributed by atoms with E-state index in [1.54, 1.807) is 0 Å². The van der Waals surface area contributed by atoms with Gasteiger partial charge in [0, 0.05) is 16.8 Å². The minimum Gasteiger partial charge on any atom is -0.464 e. The maximum Gasteiger partial charge on any atom is 0.331 e. The third-order valence-corrected chi connectivity index (χ3v) is 3.52. The summed E-state index contributed by atoms with van der Waals surface area (Å²) in [6, 6.07) is 7.27. The molecule has 2 unspecified atom stereocenters. The first kappa shape index (κ1) is 14.3. The largest absolute Gasteiger partial charge is 0.464 e. The number of esters is 1. The average molecular weight is 328 g/mol. The van der Waals surface area contributed by atoms with Crippen LogP contribution in [-0.2, 0) is 14.3 Å². The summed E-state index contributed by atoms with van der Waals surface area (Å²) in [5.41, 5.74) is 0.878. The van der Waals surface area contributed by atoms with E-state index in [2.05, 4.69) is 21.2 Å². The molecule has 0 amide bonds. The topological polar surface area (TPSA) is 47.6 Å². The molecule has 1 fully saturated rings. The Morgan fingerprint density at radius 2 is 2.47 bits per heavy atom. The summed E-state index contributed by atoms with van der Waals surface area (Å²) in [6.45, 7) is 2.90. The van der Waals surface area contributed by atoms with E-state index in [0.29, 0.717) is 13.2 Å². The number of ether oxygens (including phenoxy) is 2. The van der Waals surface area contributed by atoms with Crippen molar-refractivity contribution in [1.29, 1.82) is 0 Å². The summed E-state index contributed by atoms with van der Waals surface area (Å²) < 4.78 is 11.7. The van der Waals surface area contributed by atoms with Gasteiger partial charge in [0.1, 0.15) is 0 Å². The monoisotopic (exact) mass is 327 g/mol. The minimum atomic E-state index is -0.447. The predicted molar refractivity (Wildman–Crippen MR) is 77.2 cm³/mol. The van der Waals surface area contributed by atoms with Crippen LogP contribution in [0.5, 0.6) is 0 Å². The average Bonchev–Trinajstić information content (AvgIpc) is 2.90. The summed E-state index contributed by atoms with van der Waals surface area (Å²) in [6.07, 6.45) is 1.75. The lowest BCUT2D eigenvalue weighted by Gasteiger charge is -2.23. The van der Waals surface area contributed by atoms with Gasteiger partial charge in [0.25, 0.3) is 0 Å². The molecule has 1 aliphatic heterocycles. The Morgan fingerprint density at radius 1 is 1.63 bits per heavy atom. The molecule has 5 heteroatoms. The van der Waals surface area contributed by atoms with Gasteiger partial charge >= 0.3 is 5.97 Å². The summed E-state index contributed by atoms with van der Waals surface area (Å²) >= 11 is 3.42. The van der Waals surface area contributed by atoms with Crippen LogP contribution in [0.4, 0.5) is 5.69 Å². The second-order valence-electron chi connectivity index (χ2n) is 4.44. The van der Waals surface area contributed by atoms with Crippen molar-refractivity contribution in [2.45, 2.75) is 31.9 Å². The van der Waals surface area contributed by atoms with Crippen molar-refractivity contribution >= 4 is 27.6 Å². The third kappa shape index (κ3) is 3.94. The van der Waals surface area contributed by atoms with Gasteiger partial charge in [-0.15, -0.1) is 0 Å². The van der Waals surface area contributed by atoms with Gasteiger partial charge in [-0.3, -0.25) is 0 Å². The van der Waals surface area contributed by atoms with Crippen LogP contribution in [0.3, 0.4) is 0 Å². The number of hydrogen-bond acceptors (Lipinski definition) is 4. The first-order chi connectivity index (χ1) is 9.20. The molecule has 1 saturated heterocycles. The summed E-state index contributed by atoms with van der Waals surface area (Å²) in [7, 11) is 0. The fraction of sp³-hybridized carbons (Fsp3) is 0.500. The highest BCUT2D eigenvalue weighted by Gasteiger charge is 2.32. The van der Waals surface area contributed by atoms with Crippen LogP contribution in [0.1, 0.15) is 19.8 Å². The highest BCUT2D eigenvalue weighted by atomic mass is 79.9. The highest BCUT2D eigenvalue weighted by molar-refractivity contribution is 9.10. The molecule has 19 heavy (non-hydrogen) atoms. The molecule has 1 aliphatic rings. The molecule has 1 aromatic carbocycles. The molecule has 0 radical (unpaired) electrons. The molecular weight excluding hydrogens is 310 g/mol. The maximum absolute atomic E-state index is 12.0. The summed E-state index contributed by atoms with van der Waals surface area (Å²) in [4.78, 5) is 12.0. The van der Waals surface area contributed by atoms with Crippen molar-refractivity contribution in [2.75, 3.05) is 18.5 Å². The molecule has 0 saturated carbocycles. The summed E-state index contributed by atoms with van der Waals surface area (Å²) in [5.74, 6) is -0.255. The first-order valence-corrected chi connectivity index (χ1v) is 7.30. The maximum atomic E-state index is 12.0. The standard InChI is InChI=1S/C14H18BrNO3/c1-2-18-14(17)13(12-7-4-8-19-12)16-11-6-3-5-10(15)9-11/h3,5-6,9,12-13,16H,2,4,7-8H2,1H3. The van der Waals surface area contributed by atoms with Gasteiger partial charge in [0.15, 0.2) is 6.04 Å². The van der Waals surface area contributed by atoms with Gasteiger partial charge in [0.2, 0.25) is 0 Å². The van der Waals surface area contributed by atoms with Gasteiger partial charge in [-0.25, -0.2) is 4.79 Å². The smallest absolute Gasteiger partial charge is 0.331 e. The Kier molecular flexibility index (Phi) is 5.22. The Bertz CT molecular complexity index is 432. The SMILES string of the molecule is CCOC(=O)C(Nc1cccc(Br)c1)C1CCCO1. The molecule has 1 heterocycles. The Labute approximate surface area is 121 Å². The highest BCUT2D eigenvalue weighted by Crippen LogP contribution is 2.22. The molecule has 1 aromatic rings. The van der Waals surface area contributed by atoms with Crippen molar-refractivity contribution in [3.63, 3.8) is 0 Å². The van der Waals surface area contributed by atoms with Gasteiger partial charge in [0.05, 0.1) is 12.7 Å². The van der Waals surface area contributed by atoms with Crippen molar-refractivity contribution in [3.8, 4) is 0 Å². The fourth-order valence-electron chi connectivity index (χ4n) is 2.16. The lowest BCUT2D eigenvalue weighted by atomic mass is 10.1. The number of carbonyl (C=O) groups is 1. The number of halogens is 1. The fourth-order valence-corrected chi connectivity index (χ4v) is 2.56. The second-order valence-corrected chi connectivity index (χ2v) is 5.35. The van der Waals surface area contributed by atoms with Gasteiger partial charge in [-0.05, 0) is 38.0 Å². The van der Waals surface area contributed by atoms with Crippen LogP contribution >= 0.6 is 15.9 Å². The van der Waals surface area contributed by atoms with Crippen molar-refractivity contribution < 1.29 is 14.3 Å². The van der Waals surface area contributed by atoms with Crippen LogP contribution in [0.2, 0.25) is 0 Å². The van der Waals surface area contributed by atoms with Crippen LogP contribution in [0.25, 0.3) is 0 Å². The zero-order chi connectivity index (χ0) is 13.7. The molecule has 104 valence electrons. The van der Waals surface area contributed by atoms with Crippen molar-refractivity contribution in [1.82, 2.24) is 0 Å². The van der Waals surface area contributed by atoms with Gasteiger partial charge in [-0.2, -0.15) is 0 Å². The molecular formula is C14H18BrNO3. The molecule has 0 aliphatic carbocycles. The van der Waals surface area contributed by atoms with E-state index in [1.165, 1.54) is 0 Å². The number of carbonyl (C=O) groups excluding carboxylic acids is 1. The number of nitrogens with one attached hydrogen (secondary N) is 1. The first-order valence-electron chi connectivity index (χ1n) is 6.51. The number of benzene rings is 1. The van der Waals surface area contributed by atoms with Crippen LogP contribution < -0.4 is 5.32 Å². The number of hydrogen-bond donors (Lipinski definition) is 1. The zero-order valence-corrected chi connectivity index (χ0v) is 12.5.